The van der Waals surface area contributed by atoms with Crippen molar-refractivity contribution < 1.29 is 9.42 Å². The van der Waals surface area contributed by atoms with Crippen molar-refractivity contribution in [2.75, 3.05) is 17.3 Å². The van der Waals surface area contributed by atoms with E-state index < -0.39 is 0 Å². The van der Waals surface area contributed by atoms with Gasteiger partial charge in [-0.05, 0) is 28.4 Å². The number of nitrogens with zero attached hydrogens (tertiary/aromatic N) is 3. The zero-order valence-electron chi connectivity index (χ0n) is 8.97. The van der Waals surface area contributed by atoms with Crippen LogP contribution < -0.4 is 4.90 Å². The van der Waals surface area contributed by atoms with E-state index in [2.05, 4.69) is 14.9 Å². The summed E-state index contributed by atoms with van der Waals surface area (Å²) in [5.74, 6) is 0.778. The molecule has 1 amide bonds. The predicted octanol–water partition coefficient (Wildman–Crippen LogP) is 1.81. The SMILES string of the molecule is O=C1CC(CCl)CN1c1cccc2nonc12. The Morgan fingerprint density at radius 1 is 1.47 bits per heavy atom. The average molecular weight is 252 g/mol. The maximum absolute atomic E-state index is 11.9. The van der Waals surface area contributed by atoms with Crippen molar-refractivity contribution in [3.8, 4) is 0 Å². The molecule has 1 saturated heterocycles. The molecule has 2 aromatic rings. The van der Waals surface area contributed by atoms with Crippen molar-refractivity contribution in [1.82, 2.24) is 10.3 Å². The highest BCUT2D eigenvalue weighted by atomic mass is 35.5. The smallest absolute Gasteiger partial charge is 0.227 e. The summed E-state index contributed by atoms with van der Waals surface area (Å²) >= 11 is 5.80. The number of benzene rings is 1. The molecule has 1 aromatic heterocycles. The summed E-state index contributed by atoms with van der Waals surface area (Å²) in [6, 6.07) is 5.49. The Morgan fingerprint density at radius 3 is 3.12 bits per heavy atom. The van der Waals surface area contributed by atoms with E-state index in [1.165, 1.54) is 0 Å². The van der Waals surface area contributed by atoms with Crippen molar-refractivity contribution in [1.29, 1.82) is 0 Å². The molecular formula is C11H10ClN3O2. The second-order valence-corrected chi connectivity index (χ2v) is 4.45. The highest BCUT2D eigenvalue weighted by Crippen LogP contribution is 2.30. The standard InChI is InChI=1S/C11H10ClN3O2/c12-5-7-4-10(16)15(6-7)9-3-1-2-8-11(9)14-17-13-8/h1-3,7H,4-6H2. The van der Waals surface area contributed by atoms with Crippen molar-refractivity contribution in [2.45, 2.75) is 6.42 Å². The molecule has 3 rings (SSSR count). The monoisotopic (exact) mass is 251 g/mol. The molecule has 5 nitrogen and oxygen atoms in total. The normalized spacial score (nSPS) is 20.4. The second-order valence-electron chi connectivity index (χ2n) is 4.14. The van der Waals surface area contributed by atoms with E-state index >= 15 is 0 Å². The molecule has 17 heavy (non-hydrogen) atoms. The van der Waals surface area contributed by atoms with Crippen LogP contribution in [-0.2, 0) is 4.79 Å². The zero-order chi connectivity index (χ0) is 11.8. The Hall–Kier alpha value is -1.62. The Morgan fingerprint density at radius 2 is 2.35 bits per heavy atom. The summed E-state index contributed by atoms with van der Waals surface area (Å²) < 4.78 is 4.69. The minimum Gasteiger partial charge on any atom is -0.310 e. The van der Waals surface area contributed by atoms with Crippen LogP contribution in [0.5, 0.6) is 0 Å². The van der Waals surface area contributed by atoms with Crippen molar-refractivity contribution in [3.05, 3.63) is 18.2 Å². The van der Waals surface area contributed by atoms with Crippen LogP contribution in [0.15, 0.2) is 22.8 Å². The fraction of sp³-hybridized carbons (Fsp3) is 0.364. The van der Waals surface area contributed by atoms with E-state index in [4.69, 9.17) is 11.6 Å². The van der Waals surface area contributed by atoms with Crippen LogP contribution in [0.2, 0.25) is 0 Å². The van der Waals surface area contributed by atoms with Crippen LogP contribution in [0, 0.1) is 5.92 Å². The molecule has 0 aliphatic carbocycles. The number of hydrogen-bond acceptors (Lipinski definition) is 4. The Bertz CT molecular complexity index is 569. The van der Waals surface area contributed by atoms with Crippen LogP contribution in [0.3, 0.4) is 0 Å². The van der Waals surface area contributed by atoms with Gasteiger partial charge in [-0.25, -0.2) is 4.63 Å². The van der Waals surface area contributed by atoms with Gasteiger partial charge in [-0.2, -0.15) is 0 Å². The van der Waals surface area contributed by atoms with Gasteiger partial charge < -0.3 is 4.90 Å². The predicted molar refractivity (Wildman–Crippen MR) is 63.0 cm³/mol. The summed E-state index contributed by atoms with van der Waals surface area (Å²) in [4.78, 5) is 13.6. The summed E-state index contributed by atoms with van der Waals surface area (Å²) in [5, 5.41) is 7.60. The molecule has 0 saturated carbocycles. The van der Waals surface area contributed by atoms with E-state index in [1.807, 2.05) is 12.1 Å². The van der Waals surface area contributed by atoms with Crippen molar-refractivity contribution in [2.24, 2.45) is 5.92 Å². The molecule has 1 atom stereocenters. The first-order valence-corrected chi connectivity index (χ1v) is 5.90. The van der Waals surface area contributed by atoms with Gasteiger partial charge in [0, 0.05) is 18.8 Å². The van der Waals surface area contributed by atoms with E-state index in [0.717, 1.165) is 5.69 Å². The highest BCUT2D eigenvalue weighted by Gasteiger charge is 2.31. The molecule has 1 aromatic carbocycles. The number of carbonyl (C=O) groups excluding carboxylic acids is 1. The molecule has 1 aliphatic rings. The third kappa shape index (κ3) is 1.67. The molecule has 0 spiro atoms. The molecule has 1 fully saturated rings. The van der Waals surface area contributed by atoms with Crippen molar-refractivity contribution in [3.63, 3.8) is 0 Å². The minimum absolute atomic E-state index is 0.0751. The van der Waals surface area contributed by atoms with Gasteiger partial charge in [0.05, 0.1) is 5.69 Å². The number of carbonyl (C=O) groups is 1. The summed E-state index contributed by atoms with van der Waals surface area (Å²) in [5.41, 5.74) is 2.03. The van der Waals surface area contributed by atoms with Gasteiger partial charge in [0.15, 0.2) is 5.52 Å². The lowest BCUT2D eigenvalue weighted by atomic mass is 10.1. The van der Waals surface area contributed by atoms with Gasteiger partial charge in [-0.3, -0.25) is 4.79 Å². The minimum atomic E-state index is 0.0751. The maximum atomic E-state index is 11.9. The number of hydrogen-bond donors (Lipinski definition) is 0. The van der Waals surface area contributed by atoms with Gasteiger partial charge in [-0.15, -0.1) is 11.6 Å². The number of rotatable bonds is 2. The summed E-state index contributed by atoms with van der Waals surface area (Å²) in [6.45, 7) is 0.633. The fourth-order valence-electron chi connectivity index (χ4n) is 2.13. The molecule has 88 valence electrons. The van der Waals surface area contributed by atoms with E-state index in [0.29, 0.717) is 29.9 Å². The number of fused-ring (bicyclic) bond motifs is 1. The highest BCUT2D eigenvalue weighted by molar-refractivity contribution is 6.18. The molecular weight excluding hydrogens is 242 g/mol. The lowest BCUT2D eigenvalue weighted by Gasteiger charge is -2.15. The first kappa shape index (κ1) is 10.5. The topological polar surface area (TPSA) is 59.2 Å². The van der Waals surface area contributed by atoms with Gasteiger partial charge in [-0.1, -0.05) is 6.07 Å². The summed E-state index contributed by atoms with van der Waals surface area (Å²) in [7, 11) is 0. The maximum Gasteiger partial charge on any atom is 0.227 e. The van der Waals surface area contributed by atoms with E-state index in [1.54, 1.807) is 11.0 Å². The number of halogens is 1. The lowest BCUT2D eigenvalue weighted by molar-refractivity contribution is -0.117. The second kappa shape index (κ2) is 4.00. The third-order valence-corrected chi connectivity index (χ3v) is 3.42. The van der Waals surface area contributed by atoms with Crippen LogP contribution in [-0.4, -0.2) is 28.6 Å². The fourth-order valence-corrected chi connectivity index (χ4v) is 2.33. The molecule has 2 heterocycles. The first-order valence-electron chi connectivity index (χ1n) is 5.37. The first-order chi connectivity index (χ1) is 8.29. The number of amides is 1. The van der Waals surface area contributed by atoms with E-state index in [-0.39, 0.29) is 11.8 Å². The van der Waals surface area contributed by atoms with Gasteiger partial charge in [0.25, 0.3) is 0 Å². The van der Waals surface area contributed by atoms with E-state index in [9.17, 15) is 4.79 Å². The number of anilines is 1. The Balaban J connectivity index is 2.04. The van der Waals surface area contributed by atoms with Crippen LogP contribution in [0.4, 0.5) is 5.69 Å². The van der Waals surface area contributed by atoms with Crippen LogP contribution in [0.25, 0.3) is 11.0 Å². The van der Waals surface area contributed by atoms with Crippen LogP contribution in [0.1, 0.15) is 6.42 Å². The molecule has 0 bridgehead atoms. The molecule has 1 aliphatic heterocycles. The van der Waals surface area contributed by atoms with Gasteiger partial charge >= 0.3 is 0 Å². The number of alkyl halides is 1. The Labute approximate surface area is 102 Å². The Kier molecular flexibility index (Phi) is 2.48. The van der Waals surface area contributed by atoms with Crippen molar-refractivity contribution >= 4 is 34.2 Å². The third-order valence-electron chi connectivity index (χ3n) is 2.98. The molecule has 6 heteroatoms. The van der Waals surface area contributed by atoms with Crippen LogP contribution >= 0.6 is 11.6 Å². The average Bonchev–Trinajstić information content (AvgIpc) is 2.94. The molecule has 0 N–H and O–H groups in total. The largest absolute Gasteiger partial charge is 0.310 e. The molecule has 1 unspecified atom stereocenters. The summed E-state index contributed by atoms with van der Waals surface area (Å²) in [6.07, 6.45) is 0.491. The molecule has 0 radical (unpaired) electrons. The van der Waals surface area contributed by atoms with Gasteiger partial charge in [0.2, 0.25) is 5.91 Å². The van der Waals surface area contributed by atoms with Gasteiger partial charge in [0.1, 0.15) is 5.52 Å². The quantitative estimate of drug-likeness (QED) is 0.764. The number of aromatic nitrogens is 2. The lowest BCUT2D eigenvalue weighted by Crippen LogP contribution is -2.24. The zero-order valence-corrected chi connectivity index (χ0v) is 9.72.